The zero-order valence-electron chi connectivity index (χ0n) is 13.8. The summed E-state index contributed by atoms with van der Waals surface area (Å²) in [6.45, 7) is 2.94. The topological polar surface area (TPSA) is 53.5 Å². The van der Waals surface area contributed by atoms with E-state index in [-0.39, 0.29) is 17.5 Å². The first kappa shape index (κ1) is 17.3. The molecule has 25 heavy (non-hydrogen) atoms. The summed E-state index contributed by atoms with van der Waals surface area (Å²) in [5, 5.41) is 2.10. The van der Waals surface area contributed by atoms with E-state index < -0.39 is 5.82 Å². The maximum Gasteiger partial charge on any atom is 0.246 e. The molecule has 1 saturated heterocycles. The molecule has 2 heterocycles. The van der Waals surface area contributed by atoms with Crippen LogP contribution < -0.4 is 4.90 Å². The van der Waals surface area contributed by atoms with Crippen LogP contribution in [0.15, 0.2) is 35.7 Å². The Bertz CT molecular complexity index is 812. The molecule has 3 rings (SSSR count). The Morgan fingerprint density at radius 1 is 1.28 bits per heavy atom. The second-order valence-corrected chi connectivity index (χ2v) is 6.56. The fourth-order valence-electron chi connectivity index (χ4n) is 2.70. The van der Waals surface area contributed by atoms with Gasteiger partial charge in [0.2, 0.25) is 11.8 Å². The quantitative estimate of drug-likeness (QED) is 0.784. The van der Waals surface area contributed by atoms with E-state index in [1.54, 1.807) is 28.5 Å². The SMILES string of the molecule is CC(=O)N(c1nc(/C=C/C(=O)N2CCCC2)cs1)c1ccccc1F. The lowest BCUT2D eigenvalue weighted by Gasteiger charge is -2.18. The number of para-hydroxylation sites is 1. The minimum absolute atomic E-state index is 0.0374. The van der Waals surface area contributed by atoms with Gasteiger partial charge in [0.1, 0.15) is 5.82 Å². The van der Waals surface area contributed by atoms with Gasteiger partial charge in [-0.1, -0.05) is 12.1 Å². The van der Waals surface area contributed by atoms with Crippen molar-refractivity contribution in [2.24, 2.45) is 0 Å². The lowest BCUT2D eigenvalue weighted by Crippen LogP contribution is -2.25. The maximum atomic E-state index is 14.0. The maximum absolute atomic E-state index is 14.0. The molecule has 0 saturated carbocycles. The van der Waals surface area contributed by atoms with Crippen molar-refractivity contribution in [2.75, 3.05) is 18.0 Å². The number of thiazole rings is 1. The van der Waals surface area contributed by atoms with Gasteiger partial charge in [0, 0.05) is 31.5 Å². The Labute approximate surface area is 149 Å². The fourth-order valence-corrected chi connectivity index (χ4v) is 3.54. The number of carbonyl (C=O) groups excluding carboxylic acids is 2. The molecule has 1 aromatic carbocycles. The van der Waals surface area contributed by atoms with Crippen LogP contribution in [0.1, 0.15) is 25.5 Å². The number of hydrogen-bond donors (Lipinski definition) is 0. The first-order chi connectivity index (χ1) is 12.1. The Morgan fingerprint density at radius 3 is 2.68 bits per heavy atom. The molecule has 0 aliphatic carbocycles. The first-order valence-corrected chi connectivity index (χ1v) is 8.92. The summed E-state index contributed by atoms with van der Waals surface area (Å²) in [7, 11) is 0. The van der Waals surface area contributed by atoms with Crippen molar-refractivity contribution in [3.63, 3.8) is 0 Å². The number of amides is 2. The van der Waals surface area contributed by atoms with Crippen LogP contribution >= 0.6 is 11.3 Å². The van der Waals surface area contributed by atoms with Crippen LogP contribution in [0, 0.1) is 5.82 Å². The summed E-state index contributed by atoms with van der Waals surface area (Å²) in [4.78, 5) is 31.4. The zero-order chi connectivity index (χ0) is 17.8. The van der Waals surface area contributed by atoms with Crippen LogP contribution in [0.25, 0.3) is 6.08 Å². The lowest BCUT2D eigenvalue weighted by molar-refractivity contribution is -0.125. The van der Waals surface area contributed by atoms with Crippen LogP contribution in [0.3, 0.4) is 0 Å². The van der Waals surface area contributed by atoms with Gasteiger partial charge in [0.15, 0.2) is 5.13 Å². The van der Waals surface area contributed by atoms with E-state index in [1.165, 1.54) is 41.4 Å². The van der Waals surface area contributed by atoms with Crippen molar-refractivity contribution in [3.8, 4) is 0 Å². The zero-order valence-corrected chi connectivity index (χ0v) is 14.6. The third kappa shape index (κ3) is 3.93. The second kappa shape index (κ2) is 7.57. The van der Waals surface area contributed by atoms with Gasteiger partial charge in [0.25, 0.3) is 0 Å². The molecule has 2 aromatic rings. The predicted octanol–water partition coefficient (Wildman–Crippen LogP) is 3.60. The summed E-state index contributed by atoms with van der Waals surface area (Å²) in [5.74, 6) is -0.859. The normalized spacial score (nSPS) is 14.2. The monoisotopic (exact) mass is 359 g/mol. The predicted molar refractivity (Wildman–Crippen MR) is 96.2 cm³/mol. The molecule has 1 aromatic heterocycles. The molecule has 130 valence electrons. The molecule has 0 atom stereocenters. The highest BCUT2D eigenvalue weighted by Gasteiger charge is 2.20. The Kier molecular flexibility index (Phi) is 5.23. The van der Waals surface area contributed by atoms with Crippen molar-refractivity contribution < 1.29 is 14.0 Å². The minimum Gasteiger partial charge on any atom is -0.339 e. The summed E-state index contributed by atoms with van der Waals surface area (Å²) >= 11 is 1.22. The summed E-state index contributed by atoms with van der Waals surface area (Å²) in [6, 6.07) is 6.06. The van der Waals surface area contributed by atoms with Gasteiger partial charge in [-0.2, -0.15) is 0 Å². The first-order valence-electron chi connectivity index (χ1n) is 8.04. The second-order valence-electron chi connectivity index (χ2n) is 5.73. The number of likely N-dealkylation sites (tertiary alicyclic amines) is 1. The molecular weight excluding hydrogens is 341 g/mol. The van der Waals surface area contributed by atoms with Crippen LogP contribution in [0.2, 0.25) is 0 Å². The highest BCUT2D eigenvalue weighted by atomic mass is 32.1. The van der Waals surface area contributed by atoms with Gasteiger partial charge in [-0.15, -0.1) is 11.3 Å². The summed E-state index contributed by atoms with van der Waals surface area (Å²) in [5.41, 5.74) is 0.725. The van der Waals surface area contributed by atoms with Crippen LogP contribution in [-0.2, 0) is 9.59 Å². The summed E-state index contributed by atoms with van der Waals surface area (Å²) in [6.07, 6.45) is 5.19. The standard InChI is InChI=1S/C18H18FN3O2S/c1-13(23)22(16-7-3-2-6-15(16)19)18-20-14(12-25-18)8-9-17(24)21-10-4-5-11-21/h2-3,6-9,12H,4-5,10-11H2,1H3/b9-8+. The van der Waals surface area contributed by atoms with Crippen molar-refractivity contribution in [1.82, 2.24) is 9.88 Å². The highest BCUT2D eigenvalue weighted by Crippen LogP contribution is 2.31. The Hall–Kier alpha value is -2.54. The smallest absolute Gasteiger partial charge is 0.246 e. The molecule has 1 aliphatic rings. The molecule has 1 aliphatic heterocycles. The highest BCUT2D eigenvalue weighted by molar-refractivity contribution is 7.14. The molecular formula is C18H18FN3O2S. The van der Waals surface area contributed by atoms with Crippen LogP contribution in [-0.4, -0.2) is 34.8 Å². The minimum atomic E-state index is -0.491. The third-order valence-electron chi connectivity index (χ3n) is 3.92. The van der Waals surface area contributed by atoms with E-state index in [4.69, 9.17) is 0 Å². The molecule has 0 N–H and O–H groups in total. The van der Waals surface area contributed by atoms with Crippen LogP contribution in [0.5, 0.6) is 0 Å². The number of rotatable bonds is 4. The number of carbonyl (C=O) groups is 2. The average molecular weight is 359 g/mol. The van der Waals surface area contributed by atoms with Crippen molar-refractivity contribution in [1.29, 1.82) is 0 Å². The molecule has 2 amide bonds. The molecule has 0 spiro atoms. The van der Waals surface area contributed by atoms with Gasteiger partial charge in [-0.25, -0.2) is 9.37 Å². The average Bonchev–Trinajstić information content (AvgIpc) is 3.26. The van der Waals surface area contributed by atoms with Crippen molar-refractivity contribution >= 4 is 40.0 Å². The largest absolute Gasteiger partial charge is 0.339 e. The Balaban J connectivity index is 1.80. The number of nitrogens with zero attached hydrogens (tertiary/aromatic N) is 3. The van der Waals surface area contributed by atoms with E-state index in [0.29, 0.717) is 10.8 Å². The number of hydrogen-bond acceptors (Lipinski definition) is 4. The van der Waals surface area contributed by atoms with E-state index in [9.17, 15) is 14.0 Å². The van der Waals surface area contributed by atoms with Gasteiger partial charge in [-0.05, 0) is 31.1 Å². The van der Waals surface area contributed by atoms with Gasteiger partial charge in [0.05, 0.1) is 11.4 Å². The molecule has 7 heteroatoms. The van der Waals surface area contributed by atoms with Crippen molar-refractivity contribution in [2.45, 2.75) is 19.8 Å². The molecule has 5 nitrogen and oxygen atoms in total. The molecule has 0 radical (unpaired) electrons. The van der Waals surface area contributed by atoms with E-state index >= 15 is 0 Å². The van der Waals surface area contributed by atoms with E-state index in [1.807, 2.05) is 0 Å². The Morgan fingerprint density at radius 2 is 2.00 bits per heavy atom. The molecule has 1 fully saturated rings. The lowest BCUT2D eigenvalue weighted by atomic mass is 10.3. The van der Waals surface area contributed by atoms with Crippen LogP contribution in [0.4, 0.5) is 15.2 Å². The number of anilines is 2. The van der Waals surface area contributed by atoms with Gasteiger partial charge in [-0.3, -0.25) is 14.5 Å². The van der Waals surface area contributed by atoms with Gasteiger partial charge < -0.3 is 4.90 Å². The number of benzene rings is 1. The molecule has 0 bridgehead atoms. The van der Waals surface area contributed by atoms with Gasteiger partial charge >= 0.3 is 0 Å². The molecule has 0 unspecified atom stereocenters. The van der Waals surface area contributed by atoms with Crippen molar-refractivity contribution in [3.05, 3.63) is 47.2 Å². The van der Waals surface area contributed by atoms with E-state index in [2.05, 4.69) is 4.98 Å². The number of aromatic nitrogens is 1. The third-order valence-corrected chi connectivity index (χ3v) is 4.77. The fraction of sp³-hybridized carbons (Fsp3) is 0.278. The summed E-state index contributed by atoms with van der Waals surface area (Å²) < 4.78 is 14.0. The van der Waals surface area contributed by atoms with E-state index in [0.717, 1.165) is 25.9 Å². The number of halogens is 1.